The van der Waals surface area contributed by atoms with Crippen molar-refractivity contribution in [2.24, 2.45) is 0 Å². The van der Waals surface area contributed by atoms with Crippen LogP contribution < -0.4 is 9.47 Å². The molecule has 1 aliphatic rings. The van der Waals surface area contributed by atoms with Crippen LogP contribution in [0, 0.1) is 0 Å². The molecule has 0 spiro atoms. The van der Waals surface area contributed by atoms with Gasteiger partial charge in [0, 0.05) is 32.7 Å². The maximum atomic E-state index is 12.7. The second kappa shape index (κ2) is 11.7. The number of nitrogens with zero attached hydrogens (tertiary/aromatic N) is 6. The number of piperazine rings is 1. The summed E-state index contributed by atoms with van der Waals surface area (Å²) in [4.78, 5) is 17.0. The number of para-hydroxylation sites is 1. The van der Waals surface area contributed by atoms with E-state index in [4.69, 9.17) is 9.47 Å². The first-order chi connectivity index (χ1) is 16.2. The second-order valence-electron chi connectivity index (χ2n) is 7.64. The molecule has 0 atom stereocenters. The van der Waals surface area contributed by atoms with Gasteiger partial charge in [-0.3, -0.25) is 9.69 Å². The van der Waals surface area contributed by atoms with Gasteiger partial charge in [0.2, 0.25) is 11.1 Å². The number of amides is 1. The molecule has 174 valence electrons. The van der Waals surface area contributed by atoms with E-state index in [9.17, 15) is 4.79 Å². The number of hydrogen-bond acceptors (Lipinski definition) is 8. The smallest absolute Gasteiger partial charge is 0.233 e. The SMILES string of the molecule is COc1ccc(Cn2nnnc2SCC(=O)N2CCN(CCOc3ccccc3)CC2)cc1. The normalized spacial score (nSPS) is 14.3. The summed E-state index contributed by atoms with van der Waals surface area (Å²) < 4.78 is 12.7. The number of methoxy groups -OCH3 is 1. The minimum atomic E-state index is 0.110. The molecule has 1 aromatic heterocycles. The van der Waals surface area contributed by atoms with Crippen LogP contribution in [0.3, 0.4) is 0 Å². The Kier molecular flexibility index (Phi) is 8.15. The average Bonchev–Trinajstić information content (AvgIpc) is 3.31. The monoisotopic (exact) mass is 468 g/mol. The molecular formula is C23H28N6O3S. The Morgan fingerprint density at radius 3 is 2.48 bits per heavy atom. The van der Waals surface area contributed by atoms with Crippen molar-refractivity contribution in [1.82, 2.24) is 30.0 Å². The van der Waals surface area contributed by atoms with Gasteiger partial charge >= 0.3 is 0 Å². The lowest BCUT2D eigenvalue weighted by Crippen LogP contribution is -2.50. The van der Waals surface area contributed by atoms with Crippen LogP contribution in [0.15, 0.2) is 59.8 Å². The minimum Gasteiger partial charge on any atom is -0.497 e. The first kappa shape index (κ1) is 23.1. The lowest BCUT2D eigenvalue weighted by molar-refractivity contribution is -0.130. The van der Waals surface area contributed by atoms with Gasteiger partial charge in [-0.25, -0.2) is 4.68 Å². The van der Waals surface area contributed by atoms with Gasteiger partial charge in [-0.1, -0.05) is 42.1 Å². The van der Waals surface area contributed by atoms with Crippen LogP contribution >= 0.6 is 11.8 Å². The summed E-state index contributed by atoms with van der Waals surface area (Å²) in [6.45, 7) is 5.18. The average molecular weight is 469 g/mol. The van der Waals surface area contributed by atoms with Crippen LogP contribution in [0.2, 0.25) is 0 Å². The third kappa shape index (κ3) is 6.69. The Hall–Kier alpha value is -3.11. The number of carbonyl (C=O) groups is 1. The van der Waals surface area contributed by atoms with Crippen molar-refractivity contribution in [1.29, 1.82) is 0 Å². The van der Waals surface area contributed by atoms with Crippen molar-refractivity contribution in [2.45, 2.75) is 11.7 Å². The minimum absolute atomic E-state index is 0.110. The summed E-state index contributed by atoms with van der Waals surface area (Å²) in [6, 6.07) is 17.6. The van der Waals surface area contributed by atoms with Gasteiger partial charge in [0.25, 0.3) is 0 Å². The fourth-order valence-electron chi connectivity index (χ4n) is 3.55. The van der Waals surface area contributed by atoms with Crippen molar-refractivity contribution in [2.75, 3.05) is 52.2 Å². The van der Waals surface area contributed by atoms with E-state index in [-0.39, 0.29) is 5.91 Å². The molecule has 3 aromatic rings. The summed E-state index contributed by atoms with van der Waals surface area (Å²) in [5.41, 5.74) is 1.06. The zero-order valence-electron chi connectivity index (χ0n) is 18.7. The highest BCUT2D eigenvalue weighted by Crippen LogP contribution is 2.18. The fourth-order valence-corrected chi connectivity index (χ4v) is 4.33. The molecule has 2 aromatic carbocycles. The Bertz CT molecular complexity index is 1010. The highest BCUT2D eigenvalue weighted by Gasteiger charge is 2.22. The van der Waals surface area contributed by atoms with E-state index in [1.165, 1.54) is 11.8 Å². The number of tetrazole rings is 1. The standard InChI is InChI=1S/C23H28N6O3S/c1-31-20-9-7-19(8-10-20)17-29-23(24-25-26-29)33-18-22(30)28-13-11-27(12-14-28)15-16-32-21-5-3-2-4-6-21/h2-10H,11-18H2,1H3. The molecule has 0 unspecified atom stereocenters. The van der Waals surface area contributed by atoms with Crippen molar-refractivity contribution < 1.29 is 14.3 Å². The predicted octanol–water partition coefficient (Wildman–Crippen LogP) is 2.05. The van der Waals surface area contributed by atoms with Gasteiger partial charge in [-0.2, -0.15) is 0 Å². The molecule has 0 bridgehead atoms. The van der Waals surface area contributed by atoms with E-state index in [0.717, 1.165) is 49.8 Å². The van der Waals surface area contributed by atoms with E-state index < -0.39 is 0 Å². The molecule has 33 heavy (non-hydrogen) atoms. The third-order valence-corrected chi connectivity index (χ3v) is 6.40. The maximum Gasteiger partial charge on any atom is 0.233 e. The number of carbonyl (C=O) groups excluding carboxylic acids is 1. The molecule has 0 N–H and O–H groups in total. The van der Waals surface area contributed by atoms with E-state index in [1.54, 1.807) is 11.8 Å². The topological polar surface area (TPSA) is 85.6 Å². The summed E-state index contributed by atoms with van der Waals surface area (Å²) >= 11 is 1.37. The van der Waals surface area contributed by atoms with E-state index in [0.29, 0.717) is 24.1 Å². The van der Waals surface area contributed by atoms with Crippen molar-refractivity contribution in [3.05, 3.63) is 60.2 Å². The second-order valence-corrected chi connectivity index (χ2v) is 8.58. The molecule has 4 rings (SSSR count). The molecular weight excluding hydrogens is 440 g/mol. The first-order valence-corrected chi connectivity index (χ1v) is 11.9. The van der Waals surface area contributed by atoms with Gasteiger partial charge in [-0.15, -0.1) is 5.10 Å². The Morgan fingerprint density at radius 2 is 1.76 bits per heavy atom. The largest absolute Gasteiger partial charge is 0.497 e. The predicted molar refractivity (Wildman–Crippen MR) is 126 cm³/mol. The molecule has 1 amide bonds. The Labute approximate surface area is 197 Å². The number of benzene rings is 2. The maximum absolute atomic E-state index is 12.7. The molecule has 0 radical (unpaired) electrons. The summed E-state index contributed by atoms with van der Waals surface area (Å²) in [7, 11) is 1.64. The van der Waals surface area contributed by atoms with Crippen LogP contribution in [0.1, 0.15) is 5.56 Å². The number of ether oxygens (including phenoxy) is 2. The van der Waals surface area contributed by atoms with E-state index >= 15 is 0 Å². The highest BCUT2D eigenvalue weighted by atomic mass is 32.2. The number of thioether (sulfide) groups is 1. The highest BCUT2D eigenvalue weighted by molar-refractivity contribution is 7.99. The number of aromatic nitrogens is 4. The van der Waals surface area contributed by atoms with Crippen LogP contribution in [-0.4, -0.2) is 88.1 Å². The number of hydrogen-bond donors (Lipinski definition) is 0. The molecule has 2 heterocycles. The van der Waals surface area contributed by atoms with E-state index in [2.05, 4.69) is 20.4 Å². The molecule has 1 fully saturated rings. The van der Waals surface area contributed by atoms with Gasteiger partial charge < -0.3 is 14.4 Å². The molecule has 9 nitrogen and oxygen atoms in total. The van der Waals surface area contributed by atoms with Crippen molar-refractivity contribution >= 4 is 17.7 Å². The van der Waals surface area contributed by atoms with E-state index in [1.807, 2.05) is 59.5 Å². The quantitative estimate of drug-likeness (QED) is 0.418. The molecule has 0 aliphatic carbocycles. The lowest BCUT2D eigenvalue weighted by Gasteiger charge is -2.34. The Morgan fingerprint density at radius 1 is 1.00 bits per heavy atom. The molecule has 1 saturated heterocycles. The van der Waals surface area contributed by atoms with Gasteiger partial charge in [0.05, 0.1) is 19.4 Å². The fraction of sp³-hybridized carbons (Fsp3) is 0.391. The molecule has 10 heteroatoms. The first-order valence-electron chi connectivity index (χ1n) is 10.9. The van der Waals surface area contributed by atoms with Crippen molar-refractivity contribution in [3.63, 3.8) is 0 Å². The third-order valence-electron chi connectivity index (χ3n) is 5.46. The van der Waals surface area contributed by atoms with Crippen LogP contribution in [0.4, 0.5) is 0 Å². The van der Waals surface area contributed by atoms with Crippen LogP contribution in [-0.2, 0) is 11.3 Å². The Balaban J connectivity index is 1.18. The van der Waals surface area contributed by atoms with Crippen molar-refractivity contribution in [3.8, 4) is 11.5 Å². The lowest BCUT2D eigenvalue weighted by atomic mass is 10.2. The van der Waals surface area contributed by atoms with Gasteiger partial charge in [0.15, 0.2) is 0 Å². The van der Waals surface area contributed by atoms with Gasteiger partial charge in [-0.05, 0) is 40.3 Å². The summed E-state index contributed by atoms with van der Waals surface area (Å²) in [5, 5.41) is 12.6. The zero-order valence-corrected chi connectivity index (χ0v) is 19.5. The van der Waals surface area contributed by atoms with Gasteiger partial charge in [0.1, 0.15) is 18.1 Å². The van der Waals surface area contributed by atoms with Crippen LogP contribution in [0.25, 0.3) is 0 Å². The molecule has 0 saturated carbocycles. The van der Waals surface area contributed by atoms with Crippen LogP contribution in [0.5, 0.6) is 11.5 Å². The summed E-state index contributed by atoms with van der Waals surface area (Å²) in [5.74, 6) is 2.12. The number of rotatable bonds is 10. The summed E-state index contributed by atoms with van der Waals surface area (Å²) in [6.07, 6.45) is 0. The zero-order chi connectivity index (χ0) is 22.9. The molecule has 1 aliphatic heterocycles.